The number of nitrogens with two attached hydrogens (primary N) is 1. The Bertz CT molecular complexity index is 266. The number of aromatic nitrogens is 1. The lowest BCUT2D eigenvalue weighted by Crippen LogP contribution is -2.26. The maximum atomic E-state index is 11.3. The van der Waals surface area contributed by atoms with Gasteiger partial charge in [0, 0.05) is 39.0 Å². The summed E-state index contributed by atoms with van der Waals surface area (Å²) in [4.78, 5) is 15.7. The standard InChI is InChI=1S/C9H15N3O/c1-12(2)9(13)5-8(10)7-3-4-11-6-7/h3-4,6,8,11H,5,10H2,1-2H3. The smallest absolute Gasteiger partial charge is 0.223 e. The molecule has 0 saturated heterocycles. The van der Waals surface area contributed by atoms with Crippen molar-refractivity contribution in [3.05, 3.63) is 24.0 Å². The molecule has 0 aliphatic carbocycles. The van der Waals surface area contributed by atoms with Gasteiger partial charge in [0.15, 0.2) is 0 Å². The van der Waals surface area contributed by atoms with Crippen LogP contribution in [0, 0.1) is 0 Å². The molecule has 4 heteroatoms. The van der Waals surface area contributed by atoms with Crippen LogP contribution in [0.2, 0.25) is 0 Å². The zero-order valence-corrected chi connectivity index (χ0v) is 7.95. The van der Waals surface area contributed by atoms with Crippen molar-refractivity contribution >= 4 is 5.91 Å². The molecular weight excluding hydrogens is 166 g/mol. The summed E-state index contributed by atoms with van der Waals surface area (Å²) in [5.41, 5.74) is 6.78. The maximum absolute atomic E-state index is 11.3. The van der Waals surface area contributed by atoms with E-state index in [4.69, 9.17) is 5.73 Å². The summed E-state index contributed by atoms with van der Waals surface area (Å²) in [5, 5.41) is 0. The number of nitrogens with zero attached hydrogens (tertiary/aromatic N) is 1. The van der Waals surface area contributed by atoms with Gasteiger partial charge in [-0.05, 0) is 11.6 Å². The third kappa shape index (κ3) is 2.59. The second-order valence-corrected chi connectivity index (χ2v) is 3.24. The number of rotatable bonds is 3. The number of aromatic amines is 1. The van der Waals surface area contributed by atoms with E-state index in [1.54, 1.807) is 25.2 Å². The lowest BCUT2D eigenvalue weighted by atomic mass is 10.1. The summed E-state index contributed by atoms with van der Waals surface area (Å²) < 4.78 is 0. The van der Waals surface area contributed by atoms with Gasteiger partial charge in [0.2, 0.25) is 5.91 Å². The number of nitrogens with one attached hydrogen (secondary N) is 1. The van der Waals surface area contributed by atoms with E-state index >= 15 is 0 Å². The van der Waals surface area contributed by atoms with Gasteiger partial charge in [-0.3, -0.25) is 4.79 Å². The maximum Gasteiger partial charge on any atom is 0.223 e. The van der Waals surface area contributed by atoms with Crippen molar-refractivity contribution in [1.29, 1.82) is 0 Å². The van der Waals surface area contributed by atoms with Crippen molar-refractivity contribution < 1.29 is 4.79 Å². The van der Waals surface area contributed by atoms with Crippen molar-refractivity contribution in [2.45, 2.75) is 12.5 Å². The topological polar surface area (TPSA) is 62.1 Å². The first-order chi connectivity index (χ1) is 6.11. The Kier molecular flexibility index (Phi) is 3.08. The molecule has 0 spiro atoms. The Morgan fingerprint density at radius 1 is 1.69 bits per heavy atom. The van der Waals surface area contributed by atoms with Crippen molar-refractivity contribution in [1.82, 2.24) is 9.88 Å². The molecule has 0 aliphatic heterocycles. The molecule has 0 aromatic carbocycles. The highest BCUT2D eigenvalue weighted by Crippen LogP contribution is 2.13. The van der Waals surface area contributed by atoms with E-state index in [2.05, 4.69) is 4.98 Å². The van der Waals surface area contributed by atoms with Gasteiger partial charge in [-0.15, -0.1) is 0 Å². The van der Waals surface area contributed by atoms with Crippen LogP contribution in [0.1, 0.15) is 18.0 Å². The third-order valence-corrected chi connectivity index (χ3v) is 1.94. The van der Waals surface area contributed by atoms with Crippen LogP contribution in [0.15, 0.2) is 18.5 Å². The molecule has 1 amide bonds. The average Bonchev–Trinajstić information content (AvgIpc) is 2.55. The summed E-state index contributed by atoms with van der Waals surface area (Å²) in [6, 6.07) is 1.68. The zero-order valence-electron chi connectivity index (χ0n) is 7.95. The van der Waals surface area contributed by atoms with Crippen LogP contribution in [-0.4, -0.2) is 29.9 Å². The van der Waals surface area contributed by atoms with E-state index in [0.29, 0.717) is 6.42 Å². The molecule has 1 aromatic heterocycles. The number of hydrogen-bond acceptors (Lipinski definition) is 2. The van der Waals surface area contributed by atoms with Crippen molar-refractivity contribution in [2.75, 3.05) is 14.1 Å². The molecule has 1 unspecified atom stereocenters. The van der Waals surface area contributed by atoms with Gasteiger partial charge >= 0.3 is 0 Å². The summed E-state index contributed by atoms with van der Waals surface area (Å²) in [6.45, 7) is 0. The largest absolute Gasteiger partial charge is 0.367 e. The predicted molar refractivity (Wildman–Crippen MR) is 51.0 cm³/mol. The second-order valence-electron chi connectivity index (χ2n) is 3.24. The fraction of sp³-hybridized carbons (Fsp3) is 0.444. The van der Waals surface area contributed by atoms with Crippen molar-refractivity contribution in [3.63, 3.8) is 0 Å². The summed E-state index contributed by atoms with van der Waals surface area (Å²) >= 11 is 0. The second kappa shape index (κ2) is 4.09. The molecule has 13 heavy (non-hydrogen) atoms. The number of carbonyl (C=O) groups is 1. The minimum absolute atomic E-state index is 0.0497. The van der Waals surface area contributed by atoms with Crippen LogP contribution < -0.4 is 5.73 Å². The fourth-order valence-electron chi connectivity index (χ4n) is 1.06. The highest BCUT2D eigenvalue weighted by atomic mass is 16.2. The summed E-state index contributed by atoms with van der Waals surface area (Å²) in [7, 11) is 3.46. The molecule has 1 rings (SSSR count). The van der Waals surface area contributed by atoms with E-state index in [1.807, 2.05) is 12.3 Å². The molecule has 1 atom stereocenters. The van der Waals surface area contributed by atoms with Gasteiger partial charge in [0.25, 0.3) is 0 Å². The van der Waals surface area contributed by atoms with Crippen LogP contribution in [0.25, 0.3) is 0 Å². The van der Waals surface area contributed by atoms with Crippen LogP contribution in [-0.2, 0) is 4.79 Å². The number of hydrogen-bond donors (Lipinski definition) is 2. The molecule has 72 valence electrons. The van der Waals surface area contributed by atoms with Gasteiger partial charge in [0.05, 0.1) is 0 Å². The minimum Gasteiger partial charge on any atom is -0.367 e. The Balaban J connectivity index is 2.51. The molecule has 4 nitrogen and oxygen atoms in total. The van der Waals surface area contributed by atoms with E-state index in [9.17, 15) is 4.79 Å². The molecule has 0 bridgehead atoms. The number of carbonyl (C=O) groups excluding carboxylic acids is 1. The monoisotopic (exact) mass is 181 g/mol. The Morgan fingerprint density at radius 2 is 2.38 bits per heavy atom. The summed E-state index contributed by atoms with van der Waals surface area (Å²) in [5.74, 6) is 0.0497. The lowest BCUT2D eigenvalue weighted by molar-refractivity contribution is -0.129. The van der Waals surface area contributed by atoms with E-state index < -0.39 is 0 Å². The SMILES string of the molecule is CN(C)C(=O)CC(N)c1cc[nH]c1. The highest BCUT2D eigenvalue weighted by molar-refractivity contribution is 5.76. The fourth-order valence-corrected chi connectivity index (χ4v) is 1.06. The van der Waals surface area contributed by atoms with Gasteiger partial charge in [-0.1, -0.05) is 0 Å². The van der Waals surface area contributed by atoms with Gasteiger partial charge in [0.1, 0.15) is 0 Å². The molecule has 0 aliphatic rings. The minimum atomic E-state index is -0.207. The first-order valence-electron chi connectivity index (χ1n) is 4.19. The Morgan fingerprint density at radius 3 is 2.85 bits per heavy atom. The number of amides is 1. The van der Waals surface area contributed by atoms with Crippen molar-refractivity contribution in [2.24, 2.45) is 5.73 Å². The molecular formula is C9H15N3O. The van der Waals surface area contributed by atoms with Crippen molar-refractivity contribution in [3.8, 4) is 0 Å². The van der Waals surface area contributed by atoms with E-state index in [0.717, 1.165) is 5.56 Å². The van der Waals surface area contributed by atoms with E-state index in [-0.39, 0.29) is 11.9 Å². The van der Waals surface area contributed by atoms with Gasteiger partial charge < -0.3 is 15.6 Å². The molecule has 0 fully saturated rings. The number of H-pyrrole nitrogens is 1. The zero-order chi connectivity index (χ0) is 9.84. The molecule has 1 heterocycles. The van der Waals surface area contributed by atoms with Gasteiger partial charge in [-0.25, -0.2) is 0 Å². The summed E-state index contributed by atoms with van der Waals surface area (Å²) in [6.07, 6.45) is 3.97. The van der Waals surface area contributed by atoms with E-state index in [1.165, 1.54) is 0 Å². The molecule has 1 aromatic rings. The Hall–Kier alpha value is -1.29. The first-order valence-corrected chi connectivity index (χ1v) is 4.19. The Labute approximate surface area is 77.7 Å². The van der Waals surface area contributed by atoms with Crippen LogP contribution >= 0.6 is 0 Å². The molecule has 3 N–H and O–H groups in total. The highest BCUT2D eigenvalue weighted by Gasteiger charge is 2.12. The normalized spacial score (nSPS) is 12.5. The average molecular weight is 181 g/mol. The third-order valence-electron chi connectivity index (χ3n) is 1.94. The van der Waals surface area contributed by atoms with Crippen LogP contribution in [0.4, 0.5) is 0 Å². The van der Waals surface area contributed by atoms with Gasteiger partial charge in [-0.2, -0.15) is 0 Å². The quantitative estimate of drug-likeness (QED) is 0.713. The van der Waals surface area contributed by atoms with Crippen LogP contribution in [0.5, 0.6) is 0 Å². The van der Waals surface area contributed by atoms with Crippen LogP contribution in [0.3, 0.4) is 0 Å². The lowest BCUT2D eigenvalue weighted by Gasteiger charge is -2.13. The molecule has 0 radical (unpaired) electrons. The predicted octanol–water partition coefficient (Wildman–Crippen LogP) is 0.493. The first kappa shape index (κ1) is 9.80. The molecule has 0 saturated carbocycles.